The van der Waals surface area contributed by atoms with Crippen LogP contribution < -0.4 is 14.8 Å². The predicted octanol–water partition coefficient (Wildman–Crippen LogP) is 2.18. The number of alkyl halides is 2. The third-order valence-electron chi connectivity index (χ3n) is 2.51. The summed E-state index contributed by atoms with van der Waals surface area (Å²) >= 11 is 3.36. The van der Waals surface area contributed by atoms with Gasteiger partial charge < -0.3 is 19.9 Å². The summed E-state index contributed by atoms with van der Waals surface area (Å²) in [7, 11) is 3.05. The van der Waals surface area contributed by atoms with Crippen molar-refractivity contribution in [1.82, 2.24) is 5.32 Å². The van der Waals surface area contributed by atoms with Crippen molar-refractivity contribution >= 4 is 15.9 Å². The van der Waals surface area contributed by atoms with E-state index < -0.39 is 12.5 Å². The van der Waals surface area contributed by atoms with E-state index in [1.807, 2.05) is 0 Å². The maximum Gasteiger partial charge on any atom is 0.265 e. The van der Waals surface area contributed by atoms with Crippen molar-refractivity contribution in [3.05, 3.63) is 22.2 Å². The second kappa shape index (κ2) is 7.62. The van der Waals surface area contributed by atoms with Gasteiger partial charge in [-0.25, -0.2) is 8.78 Å². The van der Waals surface area contributed by atoms with Gasteiger partial charge in [0.05, 0.1) is 14.2 Å². The zero-order chi connectivity index (χ0) is 14.4. The summed E-state index contributed by atoms with van der Waals surface area (Å²) in [5, 5.41) is 11.7. The molecular formula is C12H16BrF2NO3. The SMILES string of the molecule is COc1cc(Br)c(CNCC(O)C(F)F)cc1OC. The van der Waals surface area contributed by atoms with E-state index >= 15 is 0 Å². The molecule has 0 bridgehead atoms. The molecule has 0 saturated heterocycles. The highest BCUT2D eigenvalue weighted by Crippen LogP contribution is 2.33. The average molecular weight is 340 g/mol. The van der Waals surface area contributed by atoms with Crippen molar-refractivity contribution in [2.75, 3.05) is 20.8 Å². The highest BCUT2D eigenvalue weighted by Gasteiger charge is 2.16. The lowest BCUT2D eigenvalue weighted by Gasteiger charge is -2.14. The van der Waals surface area contributed by atoms with Crippen LogP contribution in [0.15, 0.2) is 16.6 Å². The van der Waals surface area contributed by atoms with E-state index in [0.717, 1.165) is 10.0 Å². The van der Waals surface area contributed by atoms with Crippen LogP contribution in [0.4, 0.5) is 8.78 Å². The molecule has 0 fully saturated rings. The van der Waals surface area contributed by atoms with Gasteiger partial charge in [0.25, 0.3) is 6.43 Å². The number of hydrogen-bond acceptors (Lipinski definition) is 4. The van der Waals surface area contributed by atoms with Gasteiger partial charge in [0.1, 0.15) is 6.10 Å². The first-order chi connectivity index (χ1) is 8.99. The van der Waals surface area contributed by atoms with Gasteiger partial charge in [0, 0.05) is 17.6 Å². The molecule has 4 nitrogen and oxygen atoms in total. The first kappa shape index (κ1) is 16.1. The number of benzene rings is 1. The molecule has 0 aliphatic heterocycles. The zero-order valence-electron chi connectivity index (χ0n) is 10.6. The maximum absolute atomic E-state index is 12.1. The minimum absolute atomic E-state index is 0.182. The van der Waals surface area contributed by atoms with Gasteiger partial charge in [-0.05, 0) is 17.7 Å². The minimum atomic E-state index is -2.75. The molecule has 1 aromatic rings. The molecule has 1 aromatic carbocycles. The van der Waals surface area contributed by atoms with Gasteiger partial charge in [0.2, 0.25) is 0 Å². The van der Waals surface area contributed by atoms with Gasteiger partial charge in [-0.2, -0.15) is 0 Å². The average Bonchev–Trinajstić information content (AvgIpc) is 2.39. The maximum atomic E-state index is 12.1. The Morgan fingerprint density at radius 2 is 1.84 bits per heavy atom. The Morgan fingerprint density at radius 3 is 2.37 bits per heavy atom. The first-order valence-electron chi connectivity index (χ1n) is 5.57. The molecule has 0 amide bonds. The van der Waals surface area contributed by atoms with Crippen molar-refractivity contribution in [3.63, 3.8) is 0 Å². The second-order valence-corrected chi connectivity index (χ2v) is 4.69. The summed E-state index contributed by atoms with van der Waals surface area (Å²) in [6.45, 7) is 0.142. The van der Waals surface area contributed by atoms with Crippen LogP contribution >= 0.6 is 15.9 Å². The monoisotopic (exact) mass is 339 g/mol. The molecule has 0 heterocycles. The molecule has 1 atom stereocenters. The minimum Gasteiger partial charge on any atom is -0.493 e. The van der Waals surface area contributed by atoms with Crippen LogP contribution in [-0.4, -0.2) is 38.4 Å². The van der Waals surface area contributed by atoms with Gasteiger partial charge in [-0.1, -0.05) is 15.9 Å². The third kappa shape index (κ3) is 4.59. The lowest BCUT2D eigenvalue weighted by molar-refractivity contribution is -0.00341. The second-order valence-electron chi connectivity index (χ2n) is 3.83. The molecule has 0 saturated carbocycles. The van der Waals surface area contributed by atoms with Crippen molar-refractivity contribution in [2.45, 2.75) is 19.1 Å². The lowest BCUT2D eigenvalue weighted by Crippen LogP contribution is -2.31. The fraction of sp³-hybridized carbons (Fsp3) is 0.500. The number of aliphatic hydroxyl groups excluding tert-OH is 1. The number of methoxy groups -OCH3 is 2. The van der Waals surface area contributed by atoms with Gasteiger partial charge in [-0.3, -0.25) is 0 Å². The summed E-state index contributed by atoms with van der Waals surface area (Å²) in [4.78, 5) is 0. The van der Waals surface area contributed by atoms with Crippen molar-refractivity contribution in [3.8, 4) is 11.5 Å². The smallest absolute Gasteiger partial charge is 0.265 e. The summed E-state index contributed by atoms with van der Waals surface area (Å²) in [6, 6.07) is 3.48. The van der Waals surface area contributed by atoms with E-state index in [0.29, 0.717) is 18.0 Å². The predicted molar refractivity (Wildman–Crippen MR) is 71.0 cm³/mol. The van der Waals surface area contributed by atoms with E-state index in [9.17, 15) is 8.78 Å². The van der Waals surface area contributed by atoms with Crippen LogP contribution in [-0.2, 0) is 6.54 Å². The normalized spacial score (nSPS) is 12.6. The molecule has 1 rings (SSSR count). The van der Waals surface area contributed by atoms with Crippen molar-refractivity contribution < 1.29 is 23.4 Å². The molecule has 1 unspecified atom stereocenters. The lowest BCUT2D eigenvalue weighted by atomic mass is 10.2. The van der Waals surface area contributed by atoms with Crippen LogP contribution in [0.5, 0.6) is 11.5 Å². The van der Waals surface area contributed by atoms with E-state index in [4.69, 9.17) is 14.6 Å². The summed E-state index contributed by atoms with van der Waals surface area (Å²) in [5.41, 5.74) is 0.819. The molecule has 0 radical (unpaired) electrons. The molecule has 108 valence electrons. The fourth-order valence-electron chi connectivity index (χ4n) is 1.48. The van der Waals surface area contributed by atoms with Crippen LogP contribution in [0.25, 0.3) is 0 Å². The number of rotatable bonds is 7. The zero-order valence-corrected chi connectivity index (χ0v) is 12.2. The Labute approximate surface area is 118 Å². The Hall–Kier alpha value is -0.920. The largest absolute Gasteiger partial charge is 0.493 e. The van der Waals surface area contributed by atoms with Crippen molar-refractivity contribution in [1.29, 1.82) is 0 Å². The topological polar surface area (TPSA) is 50.7 Å². The third-order valence-corrected chi connectivity index (χ3v) is 3.25. The van der Waals surface area contributed by atoms with E-state index in [2.05, 4.69) is 21.2 Å². The number of halogens is 3. The number of nitrogens with one attached hydrogen (secondary N) is 1. The van der Waals surface area contributed by atoms with Crippen LogP contribution in [0, 0.1) is 0 Å². The highest BCUT2D eigenvalue weighted by molar-refractivity contribution is 9.10. The first-order valence-corrected chi connectivity index (χ1v) is 6.36. The standard InChI is InChI=1S/C12H16BrF2NO3/c1-18-10-3-7(8(13)4-11(10)19-2)5-16-6-9(17)12(14)15/h3-4,9,12,16-17H,5-6H2,1-2H3. The number of ether oxygens (including phenoxy) is 2. The molecule has 0 aliphatic rings. The van der Waals surface area contributed by atoms with Crippen LogP contribution in [0.2, 0.25) is 0 Å². The van der Waals surface area contributed by atoms with Gasteiger partial charge in [-0.15, -0.1) is 0 Å². The number of hydrogen-bond donors (Lipinski definition) is 2. The summed E-state index contributed by atoms with van der Waals surface area (Å²) < 4.78 is 35.3. The van der Waals surface area contributed by atoms with E-state index in [-0.39, 0.29) is 6.54 Å². The fourth-order valence-corrected chi connectivity index (χ4v) is 1.94. The van der Waals surface area contributed by atoms with E-state index in [1.54, 1.807) is 12.1 Å². The Morgan fingerprint density at radius 1 is 1.26 bits per heavy atom. The molecule has 2 N–H and O–H groups in total. The molecule has 7 heteroatoms. The van der Waals surface area contributed by atoms with Gasteiger partial charge >= 0.3 is 0 Å². The highest BCUT2D eigenvalue weighted by atomic mass is 79.9. The van der Waals surface area contributed by atoms with Crippen LogP contribution in [0.3, 0.4) is 0 Å². The molecule has 0 spiro atoms. The molecular weight excluding hydrogens is 324 g/mol. The quantitative estimate of drug-likeness (QED) is 0.799. The summed E-state index contributed by atoms with van der Waals surface area (Å²) in [5.74, 6) is 1.13. The molecule has 19 heavy (non-hydrogen) atoms. The van der Waals surface area contributed by atoms with Gasteiger partial charge in [0.15, 0.2) is 11.5 Å². The molecule has 0 aromatic heterocycles. The van der Waals surface area contributed by atoms with Crippen LogP contribution in [0.1, 0.15) is 5.56 Å². The molecule has 0 aliphatic carbocycles. The van der Waals surface area contributed by atoms with E-state index in [1.165, 1.54) is 14.2 Å². The Balaban J connectivity index is 2.68. The Bertz CT molecular complexity index is 418. The number of aliphatic hydroxyl groups is 1. The van der Waals surface area contributed by atoms with Crippen molar-refractivity contribution in [2.24, 2.45) is 0 Å². The summed E-state index contributed by atoms with van der Waals surface area (Å²) in [6.07, 6.45) is -4.42. The Kier molecular flexibility index (Phi) is 6.47.